The Bertz CT molecular complexity index is 698. The Morgan fingerprint density at radius 2 is 2.10 bits per heavy atom. The van der Waals surface area contributed by atoms with Crippen LogP contribution in [0.5, 0.6) is 0 Å². The van der Waals surface area contributed by atoms with E-state index in [1.165, 1.54) is 6.20 Å². The monoisotopic (exact) mass is 419 g/mol. The number of sulfonamides is 1. The van der Waals surface area contributed by atoms with Gasteiger partial charge in [-0.05, 0) is 59.8 Å². The van der Waals surface area contributed by atoms with Crippen LogP contribution in [0.1, 0.15) is 19.0 Å². The van der Waals surface area contributed by atoms with E-state index in [-0.39, 0.29) is 4.90 Å². The number of H-pyrrole nitrogens is 1. The molecule has 0 saturated carbocycles. The quantitative estimate of drug-likeness (QED) is 0.477. The topological polar surface area (TPSA) is 74.0 Å². The number of hydrogen-bond acceptors (Lipinski definition) is 3. The molecule has 5 nitrogen and oxygen atoms in total. The van der Waals surface area contributed by atoms with Crippen LogP contribution in [-0.4, -0.2) is 19.9 Å². The molecule has 0 atom stereocenters. The van der Waals surface area contributed by atoms with Gasteiger partial charge in [0.05, 0.1) is 0 Å². The lowest BCUT2D eigenvalue weighted by atomic mass is 10.3. The Morgan fingerprint density at radius 3 is 2.81 bits per heavy atom. The van der Waals surface area contributed by atoms with Crippen LogP contribution in [0.25, 0.3) is 0 Å². The molecule has 7 heteroatoms. The van der Waals surface area contributed by atoms with Crippen LogP contribution in [0.2, 0.25) is 0 Å². The third-order valence-electron chi connectivity index (χ3n) is 2.85. The lowest BCUT2D eigenvalue weighted by molar-refractivity contribution is 0.601. The van der Waals surface area contributed by atoms with Crippen molar-refractivity contribution >= 4 is 38.3 Å². The molecular weight excluding hydrogens is 401 g/mol. The normalized spacial score (nSPS) is 11.5. The first-order valence-electron chi connectivity index (χ1n) is 6.67. The van der Waals surface area contributed by atoms with Gasteiger partial charge in [-0.2, -0.15) is 0 Å². The summed E-state index contributed by atoms with van der Waals surface area (Å²) in [6, 6.07) is 8.90. The average Bonchev–Trinajstić information content (AvgIpc) is 2.88. The summed E-state index contributed by atoms with van der Waals surface area (Å²) >= 11 is 2.15. The molecular formula is C14H18IN3O2S. The molecule has 1 aromatic carbocycles. The zero-order valence-corrected chi connectivity index (χ0v) is 14.7. The van der Waals surface area contributed by atoms with Gasteiger partial charge in [-0.3, -0.25) is 4.72 Å². The summed E-state index contributed by atoms with van der Waals surface area (Å²) in [5.74, 6) is 0. The Morgan fingerprint density at radius 1 is 1.29 bits per heavy atom. The number of benzene rings is 1. The van der Waals surface area contributed by atoms with Crippen LogP contribution in [-0.2, 0) is 16.6 Å². The zero-order chi connectivity index (χ0) is 15.3. The largest absolute Gasteiger partial charge is 0.363 e. The van der Waals surface area contributed by atoms with Gasteiger partial charge in [-0.1, -0.05) is 13.0 Å². The third kappa shape index (κ3) is 4.72. The number of nitrogens with one attached hydrogen (secondary N) is 3. The van der Waals surface area contributed by atoms with Crippen molar-refractivity contribution in [3.8, 4) is 0 Å². The predicted molar refractivity (Wildman–Crippen MR) is 92.8 cm³/mol. The minimum Gasteiger partial charge on any atom is -0.363 e. The first-order valence-corrected chi connectivity index (χ1v) is 9.24. The van der Waals surface area contributed by atoms with E-state index >= 15 is 0 Å². The lowest BCUT2D eigenvalue weighted by Crippen LogP contribution is -2.14. The molecule has 21 heavy (non-hydrogen) atoms. The second-order valence-corrected chi connectivity index (χ2v) is 7.58. The first kappa shape index (κ1) is 16.3. The molecule has 1 heterocycles. The molecule has 1 aromatic heterocycles. The standard InChI is InChI=1S/C14H18IN3O2S/c1-2-6-16-9-13-8-14(10-17-13)21(19,20)18-12-5-3-4-11(15)7-12/h3-5,7-8,10,16-18H,2,6,9H2,1H3. The summed E-state index contributed by atoms with van der Waals surface area (Å²) in [5, 5.41) is 3.23. The summed E-state index contributed by atoms with van der Waals surface area (Å²) in [4.78, 5) is 3.23. The highest BCUT2D eigenvalue weighted by Crippen LogP contribution is 2.18. The second-order valence-electron chi connectivity index (χ2n) is 4.65. The van der Waals surface area contributed by atoms with Crippen LogP contribution in [0, 0.1) is 3.57 Å². The first-order chi connectivity index (χ1) is 10.0. The molecule has 0 aliphatic rings. The SMILES string of the molecule is CCCNCc1cc(S(=O)(=O)Nc2cccc(I)c2)c[nH]1. The van der Waals surface area contributed by atoms with Gasteiger partial charge in [0.15, 0.2) is 0 Å². The van der Waals surface area contributed by atoms with Gasteiger partial charge in [0, 0.05) is 27.7 Å². The molecule has 0 radical (unpaired) electrons. The van der Waals surface area contributed by atoms with E-state index in [1.807, 2.05) is 12.1 Å². The van der Waals surface area contributed by atoms with E-state index in [0.29, 0.717) is 12.2 Å². The number of anilines is 1. The van der Waals surface area contributed by atoms with Crippen molar-refractivity contribution in [2.45, 2.75) is 24.8 Å². The highest BCUT2D eigenvalue weighted by Gasteiger charge is 2.16. The molecule has 0 aliphatic heterocycles. The van der Waals surface area contributed by atoms with E-state index in [9.17, 15) is 8.42 Å². The van der Waals surface area contributed by atoms with Gasteiger partial charge in [0.2, 0.25) is 0 Å². The van der Waals surface area contributed by atoms with Crippen molar-refractivity contribution in [1.82, 2.24) is 10.3 Å². The molecule has 3 N–H and O–H groups in total. The lowest BCUT2D eigenvalue weighted by Gasteiger charge is -2.06. The van der Waals surface area contributed by atoms with Crippen molar-refractivity contribution in [3.63, 3.8) is 0 Å². The Hall–Kier alpha value is -1.06. The molecule has 0 amide bonds. The van der Waals surface area contributed by atoms with Crippen LogP contribution in [0.3, 0.4) is 0 Å². The van der Waals surface area contributed by atoms with Crippen molar-refractivity contribution in [1.29, 1.82) is 0 Å². The molecule has 0 unspecified atom stereocenters. The summed E-state index contributed by atoms with van der Waals surface area (Å²) in [6.45, 7) is 3.62. The number of aromatic nitrogens is 1. The van der Waals surface area contributed by atoms with Crippen molar-refractivity contribution in [3.05, 3.63) is 45.8 Å². The summed E-state index contributed by atoms with van der Waals surface area (Å²) in [6.07, 6.45) is 2.55. The Balaban J connectivity index is 2.09. The fraction of sp³-hybridized carbons (Fsp3) is 0.286. The molecule has 0 saturated heterocycles. The van der Waals surface area contributed by atoms with Crippen LogP contribution >= 0.6 is 22.6 Å². The predicted octanol–water partition coefficient (Wildman–Crippen LogP) is 2.92. The summed E-state index contributed by atoms with van der Waals surface area (Å²) in [5.41, 5.74) is 1.42. The maximum Gasteiger partial charge on any atom is 0.263 e. The maximum atomic E-state index is 12.3. The van der Waals surface area contributed by atoms with Gasteiger partial charge >= 0.3 is 0 Å². The van der Waals surface area contributed by atoms with E-state index in [1.54, 1.807) is 18.2 Å². The van der Waals surface area contributed by atoms with Crippen molar-refractivity contribution in [2.75, 3.05) is 11.3 Å². The molecule has 0 bridgehead atoms. The molecule has 2 rings (SSSR count). The highest BCUT2D eigenvalue weighted by molar-refractivity contribution is 14.1. The molecule has 0 aliphatic carbocycles. The van der Waals surface area contributed by atoms with Gasteiger partial charge in [0.25, 0.3) is 10.0 Å². The number of hydrogen-bond donors (Lipinski definition) is 3. The highest BCUT2D eigenvalue weighted by atomic mass is 127. The minimum absolute atomic E-state index is 0.245. The summed E-state index contributed by atoms with van der Waals surface area (Å²) < 4.78 is 28.2. The molecule has 114 valence electrons. The van der Waals surface area contributed by atoms with Crippen LogP contribution in [0.15, 0.2) is 41.4 Å². The Labute approximate surface area is 138 Å². The van der Waals surface area contributed by atoms with E-state index in [2.05, 4.69) is 44.5 Å². The number of aromatic amines is 1. The van der Waals surface area contributed by atoms with E-state index in [0.717, 1.165) is 22.2 Å². The smallest absolute Gasteiger partial charge is 0.263 e. The van der Waals surface area contributed by atoms with Gasteiger partial charge in [-0.15, -0.1) is 0 Å². The number of rotatable bonds is 7. The fourth-order valence-electron chi connectivity index (χ4n) is 1.84. The van der Waals surface area contributed by atoms with Gasteiger partial charge in [-0.25, -0.2) is 8.42 Å². The number of halogens is 1. The van der Waals surface area contributed by atoms with Gasteiger partial charge < -0.3 is 10.3 Å². The zero-order valence-electron chi connectivity index (χ0n) is 11.7. The summed E-state index contributed by atoms with van der Waals surface area (Å²) in [7, 11) is -3.55. The van der Waals surface area contributed by atoms with Gasteiger partial charge in [0.1, 0.15) is 4.90 Å². The van der Waals surface area contributed by atoms with Crippen LogP contribution in [0.4, 0.5) is 5.69 Å². The Kier molecular flexibility index (Phi) is 5.65. The fourth-order valence-corrected chi connectivity index (χ4v) is 3.45. The molecule has 0 spiro atoms. The minimum atomic E-state index is -3.55. The molecule has 2 aromatic rings. The van der Waals surface area contributed by atoms with E-state index < -0.39 is 10.0 Å². The van der Waals surface area contributed by atoms with Crippen LogP contribution < -0.4 is 10.0 Å². The average molecular weight is 419 g/mol. The van der Waals surface area contributed by atoms with E-state index in [4.69, 9.17) is 0 Å². The maximum absolute atomic E-state index is 12.3. The third-order valence-corrected chi connectivity index (χ3v) is 4.88. The van der Waals surface area contributed by atoms with Crippen molar-refractivity contribution < 1.29 is 8.42 Å². The second kappa shape index (κ2) is 7.28. The molecule has 0 fully saturated rings. The van der Waals surface area contributed by atoms with Crippen molar-refractivity contribution in [2.24, 2.45) is 0 Å².